The fourth-order valence-corrected chi connectivity index (χ4v) is 1.50. The van der Waals surface area contributed by atoms with Crippen molar-refractivity contribution < 1.29 is 9.59 Å². The van der Waals surface area contributed by atoms with Crippen molar-refractivity contribution in [2.24, 2.45) is 5.92 Å². The monoisotopic (exact) mass is 198 g/mol. The molecule has 1 fully saturated rings. The first kappa shape index (κ1) is 11.0. The van der Waals surface area contributed by atoms with E-state index in [2.05, 4.69) is 5.32 Å². The fraction of sp³-hybridized carbons (Fsp3) is 0.800. The third kappa shape index (κ3) is 3.36. The lowest BCUT2D eigenvalue weighted by atomic mass is 10.1. The van der Waals surface area contributed by atoms with Crippen LogP contribution >= 0.6 is 0 Å². The molecule has 0 bridgehead atoms. The summed E-state index contributed by atoms with van der Waals surface area (Å²) in [6.45, 7) is 5.63. The van der Waals surface area contributed by atoms with E-state index in [-0.39, 0.29) is 18.4 Å². The molecule has 0 aromatic rings. The smallest absolute Gasteiger partial charge is 0.239 e. The SMILES string of the molecule is CC(C)CC(=O)N1CCCNC(=O)C1. The summed E-state index contributed by atoms with van der Waals surface area (Å²) in [5.74, 6) is 0.408. The molecule has 0 saturated carbocycles. The number of carbonyl (C=O) groups is 2. The predicted octanol–water partition coefficient (Wildman–Crippen LogP) is 0.381. The molecular formula is C10H18N2O2. The average molecular weight is 198 g/mol. The van der Waals surface area contributed by atoms with E-state index in [4.69, 9.17) is 0 Å². The van der Waals surface area contributed by atoms with Crippen molar-refractivity contribution in [2.45, 2.75) is 26.7 Å². The Hall–Kier alpha value is -1.06. The van der Waals surface area contributed by atoms with Crippen molar-refractivity contribution in [1.82, 2.24) is 10.2 Å². The van der Waals surface area contributed by atoms with Crippen molar-refractivity contribution in [3.63, 3.8) is 0 Å². The van der Waals surface area contributed by atoms with Crippen LogP contribution in [-0.2, 0) is 9.59 Å². The second-order valence-electron chi connectivity index (χ2n) is 4.12. The van der Waals surface area contributed by atoms with Crippen molar-refractivity contribution in [3.05, 3.63) is 0 Å². The summed E-state index contributed by atoms with van der Waals surface area (Å²) in [5.41, 5.74) is 0. The zero-order valence-electron chi connectivity index (χ0n) is 8.88. The lowest BCUT2D eigenvalue weighted by Gasteiger charge is -2.19. The van der Waals surface area contributed by atoms with Gasteiger partial charge in [0.2, 0.25) is 11.8 Å². The molecule has 0 unspecified atom stereocenters. The summed E-state index contributed by atoms with van der Waals surface area (Å²) in [6.07, 6.45) is 1.39. The van der Waals surface area contributed by atoms with Gasteiger partial charge in [0.1, 0.15) is 0 Å². The Morgan fingerprint density at radius 2 is 2.29 bits per heavy atom. The molecule has 80 valence electrons. The molecular weight excluding hydrogens is 180 g/mol. The molecule has 1 saturated heterocycles. The quantitative estimate of drug-likeness (QED) is 0.697. The zero-order valence-corrected chi connectivity index (χ0v) is 8.88. The first-order chi connectivity index (χ1) is 6.59. The van der Waals surface area contributed by atoms with Gasteiger partial charge in [-0.05, 0) is 12.3 Å². The Labute approximate surface area is 84.7 Å². The molecule has 14 heavy (non-hydrogen) atoms. The molecule has 0 aromatic carbocycles. The van der Waals surface area contributed by atoms with Crippen LogP contribution in [0.5, 0.6) is 0 Å². The molecule has 4 heteroatoms. The highest BCUT2D eigenvalue weighted by atomic mass is 16.2. The Balaban J connectivity index is 2.48. The molecule has 1 heterocycles. The van der Waals surface area contributed by atoms with Crippen LogP contribution in [0.1, 0.15) is 26.7 Å². The molecule has 2 amide bonds. The van der Waals surface area contributed by atoms with Crippen molar-refractivity contribution >= 4 is 11.8 Å². The fourth-order valence-electron chi connectivity index (χ4n) is 1.50. The summed E-state index contributed by atoms with van der Waals surface area (Å²) in [5, 5.41) is 2.75. The molecule has 4 nitrogen and oxygen atoms in total. The van der Waals surface area contributed by atoms with Crippen LogP contribution in [0.15, 0.2) is 0 Å². The van der Waals surface area contributed by atoms with E-state index in [9.17, 15) is 9.59 Å². The number of hydrogen-bond donors (Lipinski definition) is 1. The first-order valence-electron chi connectivity index (χ1n) is 5.14. The van der Waals surface area contributed by atoms with Crippen LogP contribution < -0.4 is 5.32 Å². The third-order valence-electron chi connectivity index (χ3n) is 2.20. The van der Waals surface area contributed by atoms with Crippen LogP contribution in [0.2, 0.25) is 0 Å². The van der Waals surface area contributed by atoms with Gasteiger partial charge in [0.05, 0.1) is 6.54 Å². The van der Waals surface area contributed by atoms with Gasteiger partial charge in [-0.15, -0.1) is 0 Å². The number of amides is 2. The molecule has 1 N–H and O–H groups in total. The minimum Gasteiger partial charge on any atom is -0.354 e. The molecule has 1 aliphatic heterocycles. The molecule has 0 spiro atoms. The first-order valence-corrected chi connectivity index (χ1v) is 5.14. The van der Waals surface area contributed by atoms with Crippen LogP contribution in [0.4, 0.5) is 0 Å². The Kier molecular flexibility index (Phi) is 3.92. The van der Waals surface area contributed by atoms with Gasteiger partial charge in [0, 0.05) is 19.5 Å². The van der Waals surface area contributed by atoms with Gasteiger partial charge in [-0.2, -0.15) is 0 Å². The number of nitrogens with one attached hydrogen (secondary N) is 1. The lowest BCUT2D eigenvalue weighted by molar-refractivity contribution is -0.135. The summed E-state index contributed by atoms with van der Waals surface area (Å²) in [6, 6.07) is 0. The van der Waals surface area contributed by atoms with Crippen LogP contribution in [-0.4, -0.2) is 36.3 Å². The maximum atomic E-state index is 11.7. The van der Waals surface area contributed by atoms with Crippen LogP contribution in [0, 0.1) is 5.92 Å². The molecule has 0 atom stereocenters. The van der Waals surface area contributed by atoms with Gasteiger partial charge >= 0.3 is 0 Å². The molecule has 1 rings (SSSR count). The van der Waals surface area contributed by atoms with Gasteiger partial charge < -0.3 is 10.2 Å². The second-order valence-corrected chi connectivity index (χ2v) is 4.12. The lowest BCUT2D eigenvalue weighted by Crippen LogP contribution is -2.37. The maximum absolute atomic E-state index is 11.7. The Bertz CT molecular complexity index is 226. The van der Waals surface area contributed by atoms with Gasteiger partial charge in [0.25, 0.3) is 0 Å². The average Bonchev–Trinajstić information content (AvgIpc) is 2.28. The topological polar surface area (TPSA) is 49.4 Å². The number of rotatable bonds is 2. The highest BCUT2D eigenvalue weighted by Crippen LogP contribution is 2.05. The van der Waals surface area contributed by atoms with Crippen LogP contribution in [0.3, 0.4) is 0 Å². The van der Waals surface area contributed by atoms with E-state index in [0.29, 0.717) is 25.4 Å². The highest BCUT2D eigenvalue weighted by Gasteiger charge is 2.19. The normalized spacial score (nSPS) is 17.9. The van der Waals surface area contributed by atoms with Gasteiger partial charge in [-0.1, -0.05) is 13.8 Å². The summed E-state index contributed by atoms with van der Waals surface area (Å²) >= 11 is 0. The van der Waals surface area contributed by atoms with Crippen LogP contribution in [0.25, 0.3) is 0 Å². The van der Waals surface area contributed by atoms with E-state index >= 15 is 0 Å². The summed E-state index contributed by atoms with van der Waals surface area (Å²) in [4.78, 5) is 24.5. The highest BCUT2D eigenvalue weighted by molar-refractivity contribution is 5.85. The third-order valence-corrected chi connectivity index (χ3v) is 2.20. The minimum absolute atomic E-state index is 0.0420. The van der Waals surface area contributed by atoms with Crippen molar-refractivity contribution in [1.29, 1.82) is 0 Å². The van der Waals surface area contributed by atoms with Gasteiger partial charge in [-0.25, -0.2) is 0 Å². The van der Waals surface area contributed by atoms with Gasteiger partial charge in [0.15, 0.2) is 0 Å². The Morgan fingerprint density at radius 1 is 1.57 bits per heavy atom. The molecule has 0 aliphatic carbocycles. The number of hydrogen-bond acceptors (Lipinski definition) is 2. The second kappa shape index (κ2) is 4.98. The minimum atomic E-state index is -0.0420. The number of carbonyl (C=O) groups excluding carboxylic acids is 2. The van der Waals surface area contributed by atoms with E-state index in [1.54, 1.807) is 4.90 Å². The van der Waals surface area contributed by atoms with E-state index in [1.807, 2.05) is 13.8 Å². The standard InChI is InChI=1S/C10H18N2O2/c1-8(2)6-10(14)12-5-3-4-11-9(13)7-12/h8H,3-7H2,1-2H3,(H,11,13). The maximum Gasteiger partial charge on any atom is 0.239 e. The largest absolute Gasteiger partial charge is 0.354 e. The van der Waals surface area contributed by atoms with E-state index in [1.165, 1.54) is 0 Å². The van der Waals surface area contributed by atoms with E-state index < -0.39 is 0 Å². The summed E-state index contributed by atoms with van der Waals surface area (Å²) < 4.78 is 0. The summed E-state index contributed by atoms with van der Waals surface area (Å²) in [7, 11) is 0. The van der Waals surface area contributed by atoms with E-state index in [0.717, 1.165) is 6.42 Å². The zero-order chi connectivity index (χ0) is 10.6. The molecule has 0 radical (unpaired) electrons. The number of nitrogens with zero attached hydrogens (tertiary/aromatic N) is 1. The van der Waals surface area contributed by atoms with Crippen molar-refractivity contribution in [3.8, 4) is 0 Å². The molecule has 1 aliphatic rings. The van der Waals surface area contributed by atoms with Crippen molar-refractivity contribution in [2.75, 3.05) is 19.6 Å². The van der Waals surface area contributed by atoms with Gasteiger partial charge in [-0.3, -0.25) is 9.59 Å². The Morgan fingerprint density at radius 3 is 2.93 bits per heavy atom. The molecule has 0 aromatic heterocycles. The predicted molar refractivity (Wildman–Crippen MR) is 53.7 cm³/mol.